The normalized spacial score (nSPS) is 18.2. The second-order valence-corrected chi connectivity index (χ2v) is 7.37. The number of piperazine rings is 1. The zero-order valence-corrected chi connectivity index (χ0v) is 17.6. The van der Waals surface area contributed by atoms with Crippen molar-refractivity contribution >= 4 is 18.4 Å². The topological polar surface area (TPSA) is 95.3 Å². The summed E-state index contributed by atoms with van der Waals surface area (Å²) >= 11 is 0. The third-order valence-electron chi connectivity index (χ3n) is 4.85. The van der Waals surface area contributed by atoms with Gasteiger partial charge in [0.25, 0.3) is 0 Å². The van der Waals surface area contributed by atoms with Gasteiger partial charge in [0, 0.05) is 26.2 Å². The molecule has 3 N–H and O–H groups in total. The number of hydrogen-bond donors (Lipinski definition) is 3. The maximum Gasteiger partial charge on any atom is 0.315 e. The molecule has 0 saturated carbocycles. The number of urea groups is 1. The first-order valence-corrected chi connectivity index (χ1v) is 9.47. The number of benzene rings is 1. The van der Waals surface area contributed by atoms with Crippen LogP contribution in [-0.2, 0) is 6.54 Å². The van der Waals surface area contributed by atoms with Crippen LogP contribution in [0.4, 0.5) is 9.18 Å². The number of rotatable bonds is 6. The highest BCUT2D eigenvalue weighted by molar-refractivity contribution is 5.85. The minimum atomic E-state index is -0.406. The van der Waals surface area contributed by atoms with E-state index in [0.717, 1.165) is 25.2 Å². The first kappa shape index (κ1) is 23.1. The molecule has 3 rings (SSSR count). The van der Waals surface area contributed by atoms with Gasteiger partial charge in [-0.15, -0.1) is 12.4 Å². The standard InChI is InChI=1S/C19H27FN6O2.ClH/c1-12(2)16(23-19(27)22-10-13-4-6-14(20)7-5-13)18-24-17(25-28-18)15-11-21-8-9-26(15)3;/h4-7,12,15-16,21H,8-11H2,1-3H3,(H2,22,23,27);1H. The van der Waals surface area contributed by atoms with E-state index in [4.69, 9.17) is 4.52 Å². The lowest BCUT2D eigenvalue weighted by molar-refractivity contribution is 0.189. The van der Waals surface area contributed by atoms with Gasteiger partial charge < -0.3 is 20.5 Å². The SMILES string of the molecule is CC(C)C(NC(=O)NCc1ccc(F)cc1)c1nc(C2CNCCN2C)no1.Cl. The number of carbonyl (C=O) groups is 1. The van der Waals surface area contributed by atoms with Crippen LogP contribution in [0.2, 0.25) is 0 Å². The first-order chi connectivity index (χ1) is 13.4. The maximum atomic E-state index is 13.0. The van der Waals surface area contributed by atoms with Crippen LogP contribution < -0.4 is 16.0 Å². The van der Waals surface area contributed by atoms with E-state index in [0.29, 0.717) is 18.3 Å². The monoisotopic (exact) mass is 426 g/mol. The van der Waals surface area contributed by atoms with Crippen molar-refractivity contribution in [2.45, 2.75) is 32.5 Å². The quantitative estimate of drug-likeness (QED) is 0.656. The van der Waals surface area contributed by atoms with Crippen LogP contribution in [0.5, 0.6) is 0 Å². The Labute approximate surface area is 176 Å². The van der Waals surface area contributed by atoms with Crippen molar-refractivity contribution in [3.63, 3.8) is 0 Å². The van der Waals surface area contributed by atoms with Gasteiger partial charge in [-0.2, -0.15) is 4.98 Å². The van der Waals surface area contributed by atoms with Crippen molar-refractivity contribution < 1.29 is 13.7 Å². The summed E-state index contributed by atoms with van der Waals surface area (Å²) in [5.74, 6) is 0.760. The molecule has 8 nitrogen and oxygen atoms in total. The van der Waals surface area contributed by atoms with Gasteiger partial charge in [-0.1, -0.05) is 31.1 Å². The number of nitrogens with one attached hydrogen (secondary N) is 3. The molecule has 1 aliphatic heterocycles. The number of hydrogen-bond acceptors (Lipinski definition) is 6. The second-order valence-electron chi connectivity index (χ2n) is 7.37. The Morgan fingerprint density at radius 1 is 1.38 bits per heavy atom. The summed E-state index contributed by atoms with van der Waals surface area (Å²) in [6, 6.07) is 5.29. The summed E-state index contributed by atoms with van der Waals surface area (Å²) in [5, 5.41) is 13.1. The lowest BCUT2D eigenvalue weighted by Crippen LogP contribution is -2.44. The Hall–Kier alpha value is -2.23. The molecule has 2 aromatic rings. The Kier molecular flexibility index (Phi) is 8.36. The molecule has 1 fully saturated rings. The van der Waals surface area contributed by atoms with Gasteiger partial charge in [0.15, 0.2) is 5.82 Å². The van der Waals surface area contributed by atoms with Crippen LogP contribution in [0, 0.1) is 11.7 Å². The van der Waals surface area contributed by atoms with E-state index < -0.39 is 6.04 Å². The fourth-order valence-corrected chi connectivity index (χ4v) is 3.09. The zero-order chi connectivity index (χ0) is 20.1. The minimum Gasteiger partial charge on any atom is -0.337 e. The Balaban J connectivity index is 0.00000300. The molecular formula is C19H28ClFN6O2. The number of halogens is 2. The predicted octanol–water partition coefficient (Wildman–Crippen LogP) is 2.40. The van der Waals surface area contributed by atoms with Crippen molar-refractivity contribution in [3.05, 3.63) is 47.4 Å². The molecular weight excluding hydrogens is 399 g/mol. The van der Waals surface area contributed by atoms with Crippen LogP contribution in [0.15, 0.2) is 28.8 Å². The molecule has 1 aliphatic rings. The summed E-state index contributed by atoms with van der Waals surface area (Å²) in [5.41, 5.74) is 0.811. The second kappa shape index (κ2) is 10.5. The van der Waals surface area contributed by atoms with Crippen molar-refractivity contribution in [3.8, 4) is 0 Å². The average Bonchev–Trinajstić information content (AvgIpc) is 3.15. The number of likely N-dealkylation sites (N-methyl/N-ethyl adjacent to an activating group) is 1. The summed E-state index contributed by atoms with van der Waals surface area (Å²) in [4.78, 5) is 19.0. The van der Waals surface area contributed by atoms with E-state index in [9.17, 15) is 9.18 Å². The van der Waals surface area contributed by atoms with E-state index in [1.54, 1.807) is 12.1 Å². The van der Waals surface area contributed by atoms with Crippen molar-refractivity contribution in [2.24, 2.45) is 5.92 Å². The molecule has 0 spiro atoms. The largest absolute Gasteiger partial charge is 0.337 e. The molecule has 2 atom stereocenters. The van der Waals surface area contributed by atoms with Gasteiger partial charge in [-0.3, -0.25) is 4.90 Å². The average molecular weight is 427 g/mol. The third kappa shape index (κ3) is 6.12. The lowest BCUT2D eigenvalue weighted by Gasteiger charge is -2.30. The third-order valence-corrected chi connectivity index (χ3v) is 4.85. The Bertz CT molecular complexity index is 785. The van der Waals surface area contributed by atoms with E-state index in [-0.39, 0.29) is 36.2 Å². The van der Waals surface area contributed by atoms with E-state index >= 15 is 0 Å². The highest BCUT2D eigenvalue weighted by Gasteiger charge is 2.29. The fraction of sp³-hybridized carbons (Fsp3) is 0.526. The maximum absolute atomic E-state index is 13.0. The van der Waals surface area contributed by atoms with Crippen LogP contribution in [0.3, 0.4) is 0 Å². The molecule has 1 aromatic heterocycles. The van der Waals surface area contributed by atoms with Crippen LogP contribution >= 0.6 is 12.4 Å². The molecule has 1 aromatic carbocycles. The highest BCUT2D eigenvalue weighted by Crippen LogP contribution is 2.23. The summed E-state index contributed by atoms with van der Waals surface area (Å²) in [6.07, 6.45) is 0. The number of nitrogens with zero attached hydrogens (tertiary/aromatic N) is 3. The molecule has 0 aliphatic carbocycles. The van der Waals surface area contributed by atoms with Gasteiger partial charge in [-0.05, 0) is 30.7 Å². The molecule has 29 heavy (non-hydrogen) atoms. The minimum absolute atomic E-state index is 0. The molecule has 2 heterocycles. The highest BCUT2D eigenvalue weighted by atomic mass is 35.5. The molecule has 2 amide bonds. The molecule has 2 unspecified atom stereocenters. The molecule has 0 radical (unpaired) electrons. The van der Waals surface area contributed by atoms with Crippen LogP contribution in [0.25, 0.3) is 0 Å². The van der Waals surface area contributed by atoms with Crippen molar-refractivity contribution in [2.75, 3.05) is 26.7 Å². The number of carbonyl (C=O) groups excluding carboxylic acids is 1. The van der Waals surface area contributed by atoms with Gasteiger partial charge in [0.1, 0.15) is 11.9 Å². The number of amides is 2. The molecule has 160 valence electrons. The van der Waals surface area contributed by atoms with Gasteiger partial charge in [0.2, 0.25) is 5.89 Å². The molecule has 10 heteroatoms. The first-order valence-electron chi connectivity index (χ1n) is 9.47. The van der Waals surface area contributed by atoms with Crippen LogP contribution in [0.1, 0.15) is 43.2 Å². The van der Waals surface area contributed by atoms with Crippen LogP contribution in [-0.4, -0.2) is 47.8 Å². The molecule has 0 bridgehead atoms. The van der Waals surface area contributed by atoms with E-state index in [2.05, 4.69) is 31.0 Å². The summed E-state index contributed by atoms with van der Waals surface area (Å²) < 4.78 is 18.4. The number of aromatic nitrogens is 2. The zero-order valence-electron chi connectivity index (χ0n) is 16.8. The van der Waals surface area contributed by atoms with E-state index in [1.807, 2.05) is 20.9 Å². The molecule has 1 saturated heterocycles. The Morgan fingerprint density at radius 2 is 2.10 bits per heavy atom. The fourth-order valence-electron chi connectivity index (χ4n) is 3.09. The van der Waals surface area contributed by atoms with Gasteiger partial charge >= 0.3 is 6.03 Å². The van der Waals surface area contributed by atoms with Gasteiger partial charge in [-0.25, -0.2) is 9.18 Å². The van der Waals surface area contributed by atoms with Gasteiger partial charge in [0.05, 0.1) is 6.04 Å². The van der Waals surface area contributed by atoms with E-state index in [1.165, 1.54) is 12.1 Å². The predicted molar refractivity (Wildman–Crippen MR) is 109 cm³/mol. The van der Waals surface area contributed by atoms with Crippen molar-refractivity contribution in [1.82, 2.24) is 31.0 Å². The summed E-state index contributed by atoms with van der Waals surface area (Å²) in [6.45, 7) is 6.85. The smallest absolute Gasteiger partial charge is 0.315 e. The lowest BCUT2D eigenvalue weighted by atomic mass is 10.0. The van der Waals surface area contributed by atoms with Crippen molar-refractivity contribution in [1.29, 1.82) is 0 Å². The Morgan fingerprint density at radius 3 is 2.76 bits per heavy atom. The summed E-state index contributed by atoms with van der Waals surface area (Å²) in [7, 11) is 2.03.